The van der Waals surface area contributed by atoms with Crippen LogP contribution in [0, 0.1) is 0 Å². The van der Waals surface area contributed by atoms with Crippen LogP contribution >= 0.6 is 0 Å². The van der Waals surface area contributed by atoms with E-state index in [0.29, 0.717) is 25.4 Å². The standard InChI is InChI=1S/C16H19NO4/c1-2-21-16(19)14-12-5-3-4-6-13(12)15(18)17(14)11-7-9-20-10-8-11/h3-6,11,14H,2,7-10H2,1H3. The predicted octanol–water partition coefficient (Wildman–Crippen LogP) is 1.93. The maximum Gasteiger partial charge on any atom is 0.333 e. The Balaban J connectivity index is 1.97. The van der Waals surface area contributed by atoms with Crippen molar-refractivity contribution in [3.63, 3.8) is 0 Å². The molecule has 1 fully saturated rings. The second-order valence-electron chi connectivity index (χ2n) is 5.30. The van der Waals surface area contributed by atoms with Gasteiger partial charge in [-0.3, -0.25) is 4.79 Å². The van der Waals surface area contributed by atoms with E-state index in [1.54, 1.807) is 17.9 Å². The Bertz CT molecular complexity index is 551. The Hall–Kier alpha value is -1.88. The Morgan fingerprint density at radius 2 is 2.05 bits per heavy atom. The minimum absolute atomic E-state index is 0.0352. The average Bonchev–Trinajstić information content (AvgIpc) is 2.82. The second kappa shape index (κ2) is 5.85. The summed E-state index contributed by atoms with van der Waals surface area (Å²) >= 11 is 0. The molecule has 1 aromatic carbocycles. The third kappa shape index (κ3) is 2.42. The second-order valence-corrected chi connectivity index (χ2v) is 5.30. The lowest BCUT2D eigenvalue weighted by Gasteiger charge is -2.34. The molecule has 0 aliphatic carbocycles. The molecule has 1 saturated heterocycles. The molecule has 2 heterocycles. The molecular formula is C16H19NO4. The number of fused-ring (bicyclic) bond motifs is 1. The molecule has 0 radical (unpaired) electrons. The van der Waals surface area contributed by atoms with Crippen molar-refractivity contribution in [2.24, 2.45) is 0 Å². The molecule has 2 aliphatic heterocycles. The molecule has 1 unspecified atom stereocenters. The lowest BCUT2D eigenvalue weighted by molar-refractivity contribution is -0.149. The predicted molar refractivity (Wildman–Crippen MR) is 75.8 cm³/mol. The van der Waals surface area contributed by atoms with E-state index < -0.39 is 6.04 Å². The summed E-state index contributed by atoms with van der Waals surface area (Å²) in [5.74, 6) is -0.419. The van der Waals surface area contributed by atoms with Crippen molar-refractivity contribution in [3.8, 4) is 0 Å². The molecule has 1 atom stereocenters. The Kier molecular flexibility index (Phi) is 3.92. The quantitative estimate of drug-likeness (QED) is 0.798. The smallest absolute Gasteiger partial charge is 0.333 e. The van der Waals surface area contributed by atoms with Crippen LogP contribution in [-0.4, -0.2) is 42.6 Å². The Labute approximate surface area is 123 Å². The van der Waals surface area contributed by atoms with Crippen LogP contribution in [-0.2, 0) is 14.3 Å². The van der Waals surface area contributed by atoms with Gasteiger partial charge in [-0.05, 0) is 31.4 Å². The molecule has 0 saturated carbocycles. The van der Waals surface area contributed by atoms with Crippen LogP contribution in [0.2, 0.25) is 0 Å². The van der Waals surface area contributed by atoms with E-state index >= 15 is 0 Å². The number of ether oxygens (including phenoxy) is 2. The summed E-state index contributed by atoms with van der Waals surface area (Å²) < 4.78 is 10.5. The minimum Gasteiger partial charge on any atom is -0.464 e. The molecule has 21 heavy (non-hydrogen) atoms. The molecule has 2 aliphatic rings. The zero-order valence-electron chi connectivity index (χ0n) is 12.1. The monoisotopic (exact) mass is 289 g/mol. The lowest BCUT2D eigenvalue weighted by atomic mass is 10.0. The molecule has 112 valence electrons. The summed E-state index contributed by atoms with van der Waals surface area (Å²) in [7, 11) is 0. The van der Waals surface area contributed by atoms with Gasteiger partial charge in [0.1, 0.15) is 0 Å². The first-order valence-electron chi connectivity index (χ1n) is 7.40. The number of hydrogen-bond donors (Lipinski definition) is 0. The number of esters is 1. The molecule has 0 N–H and O–H groups in total. The molecular weight excluding hydrogens is 270 g/mol. The highest BCUT2D eigenvalue weighted by atomic mass is 16.5. The number of benzene rings is 1. The molecule has 0 spiro atoms. The number of amides is 1. The lowest BCUT2D eigenvalue weighted by Crippen LogP contribution is -2.44. The largest absolute Gasteiger partial charge is 0.464 e. The van der Waals surface area contributed by atoms with Gasteiger partial charge in [-0.25, -0.2) is 4.79 Å². The van der Waals surface area contributed by atoms with Crippen molar-refractivity contribution in [2.45, 2.75) is 31.8 Å². The highest BCUT2D eigenvalue weighted by molar-refractivity contribution is 6.04. The van der Waals surface area contributed by atoms with Crippen LogP contribution in [0.4, 0.5) is 0 Å². The van der Waals surface area contributed by atoms with E-state index in [2.05, 4.69) is 0 Å². The fourth-order valence-corrected chi connectivity index (χ4v) is 3.14. The Morgan fingerprint density at radius 1 is 1.33 bits per heavy atom. The number of hydrogen-bond acceptors (Lipinski definition) is 4. The van der Waals surface area contributed by atoms with Gasteiger partial charge in [-0.2, -0.15) is 0 Å². The van der Waals surface area contributed by atoms with Gasteiger partial charge in [0.05, 0.1) is 6.61 Å². The van der Waals surface area contributed by atoms with Crippen molar-refractivity contribution in [1.82, 2.24) is 4.90 Å². The van der Waals surface area contributed by atoms with Gasteiger partial charge in [0.2, 0.25) is 0 Å². The summed E-state index contributed by atoms with van der Waals surface area (Å²) in [6, 6.07) is 6.72. The van der Waals surface area contributed by atoms with Gasteiger partial charge in [-0.1, -0.05) is 18.2 Å². The van der Waals surface area contributed by atoms with Crippen LogP contribution in [0.5, 0.6) is 0 Å². The van der Waals surface area contributed by atoms with Crippen molar-refractivity contribution < 1.29 is 19.1 Å². The Morgan fingerprint density at radius 3 is 2.76 bits per heavy atom. The minimum atomic E-state index is -0.614. The normalized spacial score (nSPS) is 22.2. The zero-order chi connectivity index (χ0) is 14.8. The van der Waals surface area contributed by atoms with Crippen LogP contribution in [0.25, 0.3) is 0 Å². The van der Waals surface area contributed by atoms with E-state index in [1.807, 2.05) is 18.2 Å². The molecule has 0 bridgehead atoms. The van der Waals surface area contributed by atoms with Crippen molar-refractivity contribution in [3.05, 3.63) is 35.4 Å². The van der Waals surface area contributed by atoms with Gasteiger partial charge in [0.25, 0.3) is 5.91 Å². The first-order valence-corrected chi connectivity index (χ1v) is 7.40. The molecule has 0 aromatic heterocycles. The summed E-state index contributed by atoms with van der Waals surface area (Å²) in [4.78, 5) is 26.8. The third-order valence-electron chi connectivity index (χ3n) is 4.09. The fraction of sp³-hybridized carbons (Fsp3) is 0.500. The highest BCUT2D eigenvalue weighted by Gasteiger charge is 2.45. The summed E-state index contributed by atoms with van der Waals surface area (Å²) in [6.45, 7) is 3.34. The van der Waals surface area contributed by atoms with Gasteiger partial charge < -0.3 is 14.4 Å². The highest BCUT2D eigenvalue weighted by Crippen LogP contribution is 2.38. The SMILES string of the molecule is CCOC(=O)C1c2ccccc2C(=O)N1C1CCOCC1. The molecule has 1 amide bonds. The number of carbonyl (C=O) groups excluding carboxylic acids is 2. The number of nitrogens with zero attached hydrogens (tertiary/aromatic N) is 1. The summed E-state index contributed by atoms with van der Waals surface area (Å²) in [6.07, 6.45) is 1.52. The fourth-order valence-electron chi connectivity index (χ4n) is 3.14. The first-order chi connectivity index (χ1) is 10.2. The van der Waals surface area contributed by atoms with Gasteiger partial charge >= 0.3 is 5.97 Å². The first kappa shape index (κ1) is 14.1. The average molecular weight is 289 g/mol. The summed E-state index contributed by atoms with van der Waals surface area (Å²) in [5, 5.41) is 0. The van der Waals surface area contributed by atoms with Gasteiger partial charge in [0.15, 0.2) is 6.04 Å². The third-order valence-corrected chi connectivity index (χ3v) is 4.09. The van der Waals surface area contributed by atoms with Crippen LogP contribution in [0.15, 0.2) is 24.3 Å². The van der Waals surface area contributed by atoms with Crippen molar-refractivity contribution >= 4 is 11.9 Å². The van der Waals surface area contributed by atoms with Crippen LogP contribution in [0.1, 0.15) is 41.7 Å². The molecule has 1 aromatic rings. The maximum atomic E-state index is 12.7. The summed E-state index contributed by atoms with van der Waals surface area (Å²) in [5.41, 5.74) is 1.37. The maximum absolute atomic E-state index is 12.7. The molecule has 5 nitrogen and oxygen atoms in total. The van der Waals surface area contributed by atoms with E-state index in [-0.39, 0.29) is 17.9 Å². The van der Waals surface area contributed by atoms with E-state index in [9.17, 15) is 9.59 Å². The van der Waals surface area contributed by atoms with E-state index in [0.717, 1.165) is 18.4 Å². The number of rotatable bonds is 3. The van der Waals surface area contributed by atoms with Crippen LogP contribution in [0.3, 0.4) is 0 Å². The van der Waals surface area contributed by atoms with Gasteiger partial charge in [0, 0.05) is 24.8 Å². The molecule has 3 rings (SSSR count). The van der Waals surface area contributed by atoms with E-state index in [1.165, 1.54) is 0 Å². The van der Waals surface area contributed by atoms with E-state index in [4.69, 9.17) is 9.47 Å². The van der Waals surface area contributed by atoms with Crippen LogP contribution < -0.4 is 0 Å². The van der Waals surface area contributed by atoms with Crippen molar-refractivity contribution in [1.29, 1.82) is 0 Å². The molecule has 5 heteroatoms. The number of carbonyl (C=O) groups is 2. The topological polar surface area (TPSA) is 55.8 Å². The zero-order valence-corrected chi connectivity index (χ0v) is 12.1. The van der Waals surface area contributed by atoms with Gasteiger partial charge in [-0.15, -0.1) is 0 Å². The van der Waals surface area contributed by atoms with Crippen molar-refractivity contribution in [2.75, 3.05) is 19.8 Å².